The minimum absolute atomic E-state index is 0.0148. The van der Waals surface area contributed by atoms with Gasteiger partial charge >= 0.3 is 5.97 Å². The molecule has 34 heavy (non-hydrogen) atoms. The lowest BCUT2D eigenvalue weighted by molar-refractivity contribution is 0.0699. The number of hydrazone groups is 1. The monoisotopic (exact) mass is 524 g/mol. The fourth-order valence-corrected chi connectivity index (χ4v) is 7.45. The number of aromatic carboxylic acids is 1. The van der Waals surface area contributed by atoms with Gasteiger partial charge in [0.1, 0.15) is 11.0 Å². The molecule has 0 spiro atoms. The van der Waals surface area contributed by atoms with E-state index in [1.807, 2.05) is 5.53 Å². The van der Waals surface area contributed by atoms with Crippen LogP contribution in [0.5, 0.6) is 0 Å². The number of aromatic nitrogens is 1. The molecule has 0 saturated carbocycles. The molecule has 1 atom stereocenters. The normalized spacial score (nSPS) is 15.8. The van der Waals surface area contributed by atoms with Crippen molar-refractivity contribution in [3.63, 3.8) is 0 Å². The summed E-state index contributed by atoms with van der Waals surface area (Å²) >= 11 is 0.977. The molecule has 0 bridgehead atoms. The quantitative estimate of drug-likeness (QED) is 0.0860. The van der Waals surface area contributed by atoms with Crippen LogP contribution in [-0.4, -0.2) is 52.9 Å². The van der Waals surface area contributed by atoms with Crippen molar-refractivity contribution < 1.29 is 22.5 Å². The molecular weight excluding hydrogens is 504 g/mol. The maximum atomic E-state index is 13.2. The zero-order valence-electron chi connectivity index (χ0n) is 17.3. The zero-order chi connectivity index (χ0) is 24.8. The lowest BCUT2D eigenvalue weighted by atomic mass is 9.96. The fraction of sp³-hybridized carbons (Fsp3) is 0.167. The van der Waals surface area contributed by atoms with E-state index in [1.165, 1.54) is 24.3 Å². The van der Waals surface area contributed by atoms with Gasteiger partial charge in [-0.1, -0.05) is 23.5 Å². The van der Waals surface area contributed by atoms with E-state index < -0.39 is 32.0 Å². The summed E-state index contributed by atoms with van der Waals surface area (Å²) in [5, 5.41) is 21.3. The number of rotatable bonds is 7. The molecule has 1 saturated heterocycles. The molecule has 3 aromatic rings. The van der Waals surface area contributed by atoms with Crippen molar-refractivity contribution in [1.82, 2.24) is 15.8 Å². The van der Waals surface area contributed by atoms with Gasteiger partial charge in [-0.2, -0.15) is 0 Å². The summed E-state index contributed by atoms with van der Waals surface area (Å²) in [7, 11) is -6.22. The number of hydrogen-bond donors (Lipinski definition) is 7. The third kappa shape index (κ3) is 3.89. The van der Waals surface area contributed by atoms with E-state index in [0.717, 1.165) is 11.3 Å². The largest absolute Gasteiger partial charge is 0.478 e. The molecule has 0 aliphatic carbocycles. The second-order valence-corrected chi connectivity index (χ2v) is 11.5. The molecule has 1 aromatic heterocycles. The molecule has 0 amide bonds. The van der Waals surface area contributed by atoms with Gasteiger partial charge in [0.05, 0.1) is 30.8 Å². The molecule has 0 radical (unpaired) electrons. The predicted octanol–water partition coefficient (Wildman–Crippen LogP) is -0.946. The van der Waals surface area contributed by atoms with Gasteiger partial charge in [-0.25, -0.2) is 38.9 Å². The Labute approximate surface area is 199 Å². The number of carboxylic acids is 1. The Kier molecular flexibility index (Phi) is 6.28. The van der Waals surface area contributed by atoms with E-state index in [0.29, 0.717) is 10.3 Å². The van der Waals surface area contributed by atoms with Crippen molar-refractivity contribution in [2.24, 2.45) is 21.8 Å². The summed E-state index contributed by atoms with van der Waals surface area (Å²) < 4.78 is 39.4. The topological polar surface area (TPSA) is 242 Å². The molecule has 1 aliphatic heterocycles. The van der Waals surface area contributed by atoms with Crippen LogP contribution in [0.4, 0.5) is 5.13 Å². The van der Waals surface area contributed by atoms with E-state index >= 15 is 0 Å². The summed E-state index contributed by atoms with van der Waals surface area (Å²) in [4.78, 5) is 15.4. The number of nitrogen functional groups attached to an aromatic ring is 1. The van der Waals surface area contributed by atoms with Crippen LogP contribution in [0.2, 0.25) is 0 Å². The average molecular weight is 525 g/mol. The minimum atomic E-state index is -3.91. The molecule has 2 aromatic carbocycles. The van der Waals surface area contributed by atoms with Crippen molar-refractivity contribution >= 4 is 59.3 Å². The molecule has 1 fully saturated rings. The van der Waals surface area contributed by atoms with E-state index in [-0.39, 0.29) is 56.1 Å². The number of benzene rings is 2. The zero-order valence-corrected chi connectivity index (χ0v) is 19.8. The summed E-state index contributed by atoms with van der Waals surface area (Å²) in [6.45, 7) is 0.471. The highest BCUT2D eigenvalue weighted by atomic mass is 32.2. The fourth-order valence-electron chi connectivity index (χ4n) is 3.66. The first-order chi connectivity index (χ1) is 16.1. The number of hydrazine groups is 1. The van der Waals surface area contributed by atoms with E-state index in [1.54, 1.807) is 0 Å². The van der Waals surface area contributed by atoms with Gasteiger partial charge < -0.3 is 21.9 Å². The standard InChI is InChI=1S/C18H20N8O5S3/c19-16(25-26-21)12-8(9-1-2-10(17(27)28)14-13(9)24-18(20)32-14)3-4-11(15(12)33(22)29)34(30,31)7-5-23-6-7/h1-4,7,23,26H,5-6,21-22H2,(H2,19,25)(H2,20,24)(H,27,28). The first kappa shape index (κ1) is 24.0. The SMILES string of the molecule is NN/N=C(\N)c1c(-c2ccc(C(=O)O)c3sc(N)nc23)ccc(S(=O)(=O)C2CNC2)c1S(N)=O. The predicted molar refractivity (Wildman–Crippen MR) is 129 cm³/mol. The van der Waals surface area contributed by atoms with Crippen LogP contribution in [0, 0.1) is 0 Å². The minimum Gasteiger partial charge on any atom is -0.478 e. The lowest BCUT2D eigenvalue weighted by Crippen LogP contribution is -2.51. The first-order valence-corrected chi connectivity index (χ1v) is 13.1. The second kappa shape index (κ2) is 8.90. The number of nitrogens with two attached hydrogens (primary N) is 4. The number of anilines is 1. The maximum absolute atomic E-state index is 13.2. The Balaban J connectivity index is 2.10. The van der Waals surface area contributed by atoms with E-state index in [9.17, 15) is 22.5 Å². The number of sulfone groups is 1. The third-order valence-electron chi connectivity index (χ3n) is 5.33. The van der Waals surface area contributed by atoms with Crippen LogP contribution in [0.3, 0.4) is 0 Å². The summed E-state index contributed by atoms with van der Waals surface area (Å²) in [6.07, 6.45) is 0. The molecule has 1 aliphatic rings. The van der Waals surface area contributed by atoms with Crippen LogP contribution in [0.15, 0.2) is 39.2 Å². The van der Waals surface area contributed by atoms with E-state index in [2.05, 4.69) is 15.4 Å². The number of amidine groups is 1. The maximum Gasteiger partial charge on any atom is 0.337 e. The van der Waals surface area contributed by atoms with Gasteiger partial charge in [-0.3, -0.25) is 0 Å². The van der Waals surface area contributed by atoms with E-state index in [4.69, 9.17) is 22.4 Å². The number of fused-ring (bicyclic) bond motifs is 1. The number of carboxylic acid groups (broad SMARTS) is 1. The highest BCUT2D eigenvalue weighted by molar-refractivity contribution is 7.93. The van der Waals surface area contributed by atoms with Crippen LogP contribution >= 0.6 is 11.3 Å². The Hall–Kier alpha value is -3.15. The van der Waals surface area contributed by atoms with Crippen molar-refractivity contribution in [2.75, 3.05) is 18.8 Å². The Bertz CT molecular complexity index is 1480. The van der Waals surface area contributed by atoms with Crippen molar-refractivity contribution in [3.8, 4) is 11.1 Å². The first-order valence-electron chi connectivity index (χ1n) is 9.57. The number of nitrogens with zero attached hydrogens (tertiary/aromatic N) is 2. The molecular formula is C18H20N8O5S3. The Morgan fingerprint density at radius 2 is 1.94 bits per heavy atom. The van der Waals surface area contributed by atoms with Crippen molar-refractivity contribution in [2.45, 2.75) is 15.0 Å². The highest BCUT2D eigenvalue weighted by Crippen LogP contribution is 2.39. The molecule has 11 N–H and O–H groups in total. The summed E-state index contributed by atoms with van der Waals surface area (Å²) in [5.74, 6) is 3.83. The summed E-state index contributed by atoms with van der Waals surface area (Å²) in [5.41, 5.74) is 14.8. The molecule has 2 heterocycles. The Morgan fingerprint density at radius 1 is 1.26 bits per heavy atom. The van der Waals surface area contributed by atoms with Gasteiger partial charge in [-0.15, -0.1) is 5.10 Å². The lowest BCUT2D eigenvalue weighted by Gasteiger charge is -2.28. The number of hydrogen-bond acceptors (Lipinski definition) is 11. The molecule has 13 nitrogen and oxygen atoms in total. The molecule has 180 valence electrons. The molecule has 4 rings (SSSR count). The molecule has 1 unspecified atom stereocenters. The van der Waals surface area contributed by atoms with Gasteiger partial charge in [0.2, 0.25) is 0 Å². The average Bonchev–Trinajstić information content (AvgIpc) is 3.11. The highest BCUT2D eigenvalue weighted by Gasteiger charge is 2.37. The van der Waals surface area contributed by atoms with Crippen molar-refractivity contribution in [1.29, 1.82) is 0 Å². The van der Waals surface area contributed by atoms with Crippen LogP contribution in [0.1, 0.15) is 15.9 Å². The van der Waals surface area contributed by atoms with Crippen LogP contribution in [0.25, 0.3) is 21.3 Å². The van der Waals surface area contributed by atoms with Gasteiger partial charge in [0.15, 0.2) is 20.8 Å². The Morgan fingerprint density at radius 3 is 2.50 bits per heavy atom. The van der Waals surface area contributed by atoms with Crippen LogP contribution < -0.4 is 33.3 Å². The molecule has 16 heteroatoms. The number of carbonyl (C=O) groups is 1. The van der Waals surface area contributed by atoms with Gasteiger partial charge in [0, 0.05) is 24.2 Å². The number of thiazole rings is 1. The third-order valence-corrected chi connectivity index (χ3v) is 9.37. The van der Waals surface area contributed by atoms with Gasteiger partial charge in [-0.05, 0) is 17.7 Å². The van der Waals surface area contributed by atoms with Crippen LogP contribution in [-0.2, 0) is 20.8 Å². The van der Waals surface area contributed by atoms with Gasteiger partial charge in [0.25, 0.3) is 0 Å². The van der Waals surface area contributed by atoms with Crippen molar-refractivity contribution in [3.05, 3.63) is 35.4 Å². The summed E-state index contributed by atoms with van der Waals surface area (Å²) in [6, 6.07) is 5.58. The smallest absolute Gasteiger partial charge is 0.337 e. The second-order valence-electron chi connectivity index (χ2n) is 7.26. The number of nitrogens with one attached hydrogen (secondary N) is 2.